The van der Waals surface area contributed by atoms with Crippen LogP contribution in [-0.4, -0.2) is 33.1 Å². The first-order valence-electron chi connectivity index (χ1n) is 10.6. The molecule has 4 aromatic rings. The third-order valence-corrected chi connectivity index (χ3v) is 6.40. The lowest BCUT2D eigenvalue weighted by molar-refractivity contribution is -0.119. The number of hydrogen-bond acceptors (Lipinski definition) is 6. The number of hydrogen-bond donors (Lipinski definition) is 2. The molecule has 9 heteroatoms. The van der Waals surface area contributed by atoms with Crippen LogP contribution < -0.4 is 14.9 Å². The van der Waals surface area contributed by atoms with Crippen molar-refractivity contribution in [1.29, 1.82) is 0 Å². The molecule has 0 atom stereocenters. The maximum absolute atomic E-state index is 12.6. The van der Waals surface area contributed by atoms with Crippen molar-refractivity contribution in [2.75, 3.05) is 6.54 Å². The predicted octanol–water partition coefficient (Wildman–Crippen LogP) is 3.49. The number of fused-ring (bicyclic) bond motifs is 1. The third-order valence-electron chi connectivity index (χ3n) is 4.98. The van der Waals surface area contributed by atoms with Crippen molar-refractivity contribution in [2.45, 2.75) is 4.90 Å². The van der Waals surface area contributed by atoms with Gasteiger partial charge in [0.05, 0.1) is 23.2 Å². The predicted molar refractivity (Wildman–Crippen MR) is 133 cm³/mol. The Labute approximate surface area is 202 Å². The van der Waals surface area contributed by atoms with E-state index in [1.54, 1.807) is 54.6 Å². The highest BCUT2D eigenvalue weighted by Crippen LogP contribution is 2.21. The van der Waals surface area contributed by atoms with Crippen LogP contribution in [0.1, 0.15) is 15.9 Å². The highest BCUT2D eigenvalue weighted by atomic mass is 32.2. The van der Waals surface area contributed by atoms with Gasteiger partial charge in [0.25, 0.3) is 5.91 Å². The second kappa shape index (κ2) is 10.7. The summed E-state index contributed by atoms with van der Waals surface area (Å²) in [5.74, 6) is -0.728. The molecule has 1 amide bonds. The van der Waals surface area contributed by atoms with E-state index in [9.17, 15) is 18.0 Å². The number of sulfonamides is 1. The molecule has 4 aromatic carbocycles. The maximum atomic E-state index is 12.6. The molecular formula is C26H21N3O5S. The zero-order valence-electron chi connectivity index (χ0n) is 18.4. The number of carbonyl (C=O) groups is 2. The summed E-state index contributed by atoms with van der Waals surface area (Å²) >= 11 is 0. The highest BCUT2D eigenvalue weighted by molar-refractivity contribution is 7.89. The Kier molecular flexibility index (Phi) is 7.30. The Morgan fingerprint density at radius 2 is 1.51 bits per heavy atom. The summed E-state index contributed by atoms with van der Waals surface area (Å²) in [6.07, 6.45) is 1.39. The summed E-state index contributed by atoms with van der Waals surface area (Å²) in [6.45, 7) is -0.461. The number of nitrogens with one attached hydrogen (secondary N) is 2. The van der Waals surface area contributed by atoms with Crippen LogP contribution in [0.4, 0.5) is 0 Å². The third kappa shape index (κ3) is 6.17. The molecule has 0 heterocycles. The molecule has 0 fully saturated rings. The zero-order chi connectivity index (χ0) is 24.7. The number of hydrazone groups is 1. The van der Waals surface area contributed by atoms with Crippen molar-refractivity contribution < 1.29 is 22.7 Å². The summed E-state index contributed by atoms with van der Waals surface area (Å²) in [5.41, 5.74) is 3.37. The molecule has 0 saturated carbocycles. The van der Waals surface area contributed by atoms with Crippen LogP contribution >= 0.6 is 0 Å². The molecule has 4 rings (SSSR count). The van der Waals surface area contributed by atoms with Gasteiger partial charge in [0, 0.05) is 0 Å². The number of carbonyl (C=O) groups excluding carboxylic acids is 2. The number of amides is 1. The van der Waals surface area contributed by atoms with E-state index >= 15 is 0 Å². The van der Waals surface area contributed by atoms with E-state index in [0.717, 1.165) is 10.8 Å². The van der Waals surface area contributed by atoms with Crippen LogP contribution in [0.3, 0.4) is 0 Å². The van der Waals surface area contributed by atoms with E-state index in [2.05, 4.69) is 15.2 Å². The Morgan fingerprint density at radius 1 is 0.829 bits per heavy atom. The second-order valence-corrected chi connectivity index (χ2v) is 9.18. The van der Waals surface area contributed by atoms with Crippen molar-refractivity contribution in [1.82, 2.24) is 10.1 Å². The molecule has 0 radical (unpaired) electrons. The summed E-state index contributed by atoms with van der Waals surface area (Å²) < 4.78 is 32.0. The maximum Gasteiger partial charge on any atom is 0.344 e. The minimum atomic E-state index is -3.78. The molecule has 0 aliphatic carbocycles. The fourth-order valence-electron chi connectivity index (χ4n) is 3.25. The standard InChI is InChI=1S/C26H21N3O5S/c30-25(18-28-35(32,33)22-9-2-1-3-10-22)29-27-17-19-13-15-21(16-14-19)34-26(31)24-12-6-8-20-7-4-5-11-23(20)24/h1-17,28H,18H2,(H,29,30)/b27-17-. The largest absolute Gasteiger partial charge is 0.423 e. The molecule has 176 valence electrons. The van der Waals surface area contributed by atoms with Gasteiger partial charge in [-0.25, -0.2) is 23.4 Å². The molecule has 35 heavy (non-hydrogen) atoms. The quantitative estimate of drug-likeness (QED) is 0.171. The Balaban J connectivity index is 1.30. The molecule has 0 saturated heterocycles. The number of nitrogens with zero attached hydrogens (tertiary/aromatic N) is 1. The van der Waals surface area contributed by atoms with Crippen molar-refractivity contribution in [3.63, 3.8) is 0 Å². The van der Waals surface area contributed by atoms with Gasteiger partial charge in [-0.1, -0.05) is 54.6 Å². The van der Waals surface area contributed by atoms with E-state index in [4.69, 9.17) is 4.74 Å². The molecule has 0 aliphatic heterocycles. The fourth-order valence-corrected chi connectivity index (χ4v) is 4.25. The first-order chi connectivity index (χ1) is 16.9. The minimum Gasteiger partial charge on any atom is -0.423 e. The topological polar surface area (TPSA) is 114 Å². The molecule has 8 nitrogen and oxygen atoms in total. The van der Waals surface area contributed by atoms with E-state index < -0.39 is 28.4 Å². The molecule has 0 aliphatic rings. The van der Waals surface area contributed by atoms with Gasteiger partial charge in [-0.3, -0.25) is 4.79 Å². The van der Waals surface area contributed by atoms with Crippen LogP contribution in [0.5, 0.6) is 5.75 Å². The van der Waals surface area contributed by atoms with Crippen LogP contribution in [0.2, 0.25) is 0 Å². The van der Waals surface area contributed by atoms with Crippen molar-refractivity contribution in [2.24, 2.45) is 5.10 Å². The van der Waals surface area contributed by atoms with Crippen molar-refractivity contribution in [3.05, 3.63) is 108 Å². The molecular weight excluding hydrogens is 466 g/mol. The van der Waals surface area contributed by atoms with E-state index in [1.807, 2.05) is 30.3 Å². The van der Waals surface area contributed by atoms with E-state index in [0.29, 0.717) is 16.9 Å². The summed E-state index contributed by atoms with van der Waals surface area (Å²) in [6, 6.07) is 27.3. The average Bonchev–Trinajstić information content (AvgIpc) is 2.89. The van der Waals surface area contributed by atoms with Crippen molar-refractivity contribution in [3.8, 4) is 5.75 Å². The van der Waals surface area contributed by atoms with Gasteiger partial charge >= 0.3 is 5.97 Å². The lowest BCUT2D eigenvalue weighted by Gasteiger charge is -2.07. The Bertz CT molecular complexity index is 1480. The Morgan fingerprint density at radius 3 is 2.29 bits per heavy atom. The summed E-state index contributed by atoms with van der Waals surface area (Å²) in [4.78, 5) is 24.6. The Hall–Kier alpha value is -4.34. The molecule has 0 unspecified atom stereocenters. The smallest absolute Gasteiger partial charge is 0.344 e. The van der Waals surface area contributed by atoms with Gasteiger partial charge in [-0.2, -0.15) is 5.10 Å². The number of esters is 1. The van der Waals surface area contributed by atoms with Gasteiger partial charge in [-0.15, -0.1) is 0 Å². The SMILES string of the molecule is O=C(CNS(=O)(=O)c1ccccc1)N/N=C\c1ccc(OC(=O)c2cccc3ccccc23)cc1. The minimum absolute atomic E-state index is 0.0672. The van der Waals surface area contributed by atoms with Crippen LogP contribution in [0.25, 0.3) is 10.8 Å². The summed E-state index contributed by atoms with van der Waals surface area (Å²) in [7, 11) is -3.78. The first-order valence-corrected chi connectivity index (χ1v) is 12.1. The van der Waals surface area contributed by atoms with Gasteiger partial charge in [-0.05, 0) is 58.8 Å². The summed E-state index contributed by atoms with van der Waals surface area (Å²) in [5, 5.41) is 5.58. The number of rotatable bonds is 8. The normalized spacial score (nSPS) is 11.4. The monoisotopic (exact) mass is 487 g/mol. The fraction of sp³-hybridized carbons (Fsp3) is 0.0385. The average molecular weight is 488 g/mol. The van der Waals surface area contributed by atoms with Crippen molar-refractivity contribution >= 4 is 38.9 Å². The van der Waals surface area contributed by atoms with E-state index in [-0.39, 0.29) is 4.90 Å². The second-order valence-electron chi connectivity index (χ2n) is 7.42. The van der Waals surface area contributed by atoms with Gasteiger partial charge in [0.1, 0.15) is 5.75 Å². The van der Waals surface area contributed by atoms with Crippen LogP contribution in [0, 0.1) is 0 Å². The highest BCUT2D eigenvalue weighted by Gasteiger charge is 2.15. The molecule has 0 spiro atoms. The van der Waals surface area contributed by atoms with Crippen LogP contribution in [-0.2, 0) is 14.8 Å². The van der Waals surface area contributed by atoms with Gasteiger partial charge < -0.3 is 4.74 Å². The molecule has 2 N–H and O–H groups in total. The van der Waals surface area contributed by atoms with Crippen LogP contribution in [0.15, 0.2) is 107 Å². The lowest BCUT2D eigenvalue weighted by Crippen LogP contribution is -2.34. The number of benzene rings is 4. The number of ether oxygens (including phenoxy) is 1. The zero-order valence-corrected chi connectivity index (χ0v) is 19.2. The van der Waals surface area contributed by atoms with Gasteiger partial charge in [0.15, 0.2) is 0 Å². The van der Waals surface area contributed by atoms with E-state index in [1.165, 1.54) is 18.3 Å². The lowest BCUT2D eigenvalue weighted by atomic mass is 10.0. The first kappa shape index (κ1) is 23.8. The molecule has 0 aromatic heterocycles. The molecule has 0 bridgehead atoms. The van der Waals surface area contributed by atoms with Gasteiger partial charge in [0.2, 0.25) is 10.0 Å².